The zero-order valence-electron chi connectivity index (χ0n) is 11.6. The molecule has 0 aliphatic carbocycles. The Morgan fingerprint density at radius 2 is 2.00 bits per heavy atom. The molecule has 0 fully saturated rings. The fraction of sp³-hybridized carbons (Fsp3) is 0.294. The van der Waals surface area contributed by atoms with Crippen molar-refractivity contribution in [2.75, 3.05) is 6.61 Å². The van der Waals surface area contributed by atoms with E-state index in [2.05, 4.69) is 24.8 Å². The normalized spacial score (nSPS) is 12.4. The summed E-state index contributed by atoms with van der Waals surface area (Å²) < 4.78 is 5.74. The van der Waals surface area contributed by atoms with Crippen LogP contribution in [0.3, 0.4) is 0 Å². The third-order valence-electron chi connectivity index (χ3n) is 3.17. The molecule has 2 heteroatoms. The number of hydrogen-bond donors (Lipinski definition) is 1. The van der Waals surface area contributed by atoms with Crippen molar-refractivity contribution < 1.29 is 4.74 Å². The first-order valence-electron chi connectivity index (χ1n) is 6.68. The van der Waals surface area contributed by atoms with Gasteiger partial charge >= 0.3 is 0 Å². The molecule has 0 saturated carbocycles. The maximum absolute atomic E-state index is 6.35. The van der Waals surface area contributed by atoms with Crippen molar-refractivity contribution in [2.24, 2.45) is 5.73 Å². The minimum absolute atomic E-state index is 0.0786. The van der Waals surface area contributed by atoms with Crippen LogP contribution >= 0.6 is 0 Å². The largest absolute Gasteiger partial charge is 0.494 e. The van der Waals surface area contributed by atoms with Gasteiger partial charge in [-0.25, -0.2) is 0 Å². The van der Waals surface area contributed by atoms with E-state index in [-0.39, 0.29) is 6.04 Å². The SMILES string of the molecule is C=C(C)C[C@@H](N)c1c(OCC)ccc2ccccc12. The van der Waals surface area contributed by atoms with Crippen LogP contribution in [-0.4, -0.2) is 6.61 Å². The molecule has 2 N–H and O–H groups in total. The van der Waals surface area contributed by atoms with Crippen molar-refractivity contribution in [2.45, 2.75) is 26.3 Å². The number of hydrogen-bond acceptors (Lipinski definition) is 2. The van der Waals surface area contributed by atoms with Gasteiger partial charge < -0.3 is 10.5 Å². The quantitative estimate of drug-likeness (QED) is 0.812. The molecular formula is C17H21NO. The summed E-state index contributed by atoms with van der Waals surface area (Å²) in [5, 5.41) is 2.36. The van der Waals surface area contributed by atoms with Gasteiger partial charge in [-0.15, -0.1) is 6.58 Å². The molecule has 2 nitrogen and oxygen atoms in total. The van der Waals surface area contributed by atoms with E-state index >= 15 is 0 Å². The second kappa shape index (κ2) is 5.89. The fourth-order valence-corrected chi connectivity index (χ4v) is 2.42. The van der Waals surface area contributed by atoms with Gasteiger partial charge in [-0.05, 0) is 37.1 Å². The Morgan fingerprint density at radius 3 is 2.68 bits per heavy atom. The summed E-state index contributed by atoms with van der Waals surface area (Å²) in [6.07, 6.45) is 0.772. The molecule has 2 aromatic carbocycles. The zero-order chi connectivity index (χ0) is 13.8. The Bertz CT molecular complexity index is 589. The lowest BCUT2D eigenvalue weighted by molar-refractivity contribution is 0.335. The second-order valence-corrected chi connectivity index (χ2v) is 4.90. The smallest absolute Gasteiger partial charge is 0.124 e. The van der Waals surface area contributed by atoms with E-state index in [1.54, 1.807) is 0 Å². The fourth-order valence-electron chi connectivity index (χ4n) is 2.42. The highest BCUT2D eigenvalue weighted by atomic mass is 16.5. The maximum Gasteiger partial charge on any atom is 0.124 e. The third kappa shape index (κ3) is 2.96. The van der Waals surface area contributed by atoms with Crippen molar-refractivity contribution >= 4 is 10.8 Å². The lowest BCUT2D eigenvalue weighted by Crippen LogP contribution is -2.13. The predicted molar refractivity (Wildman–Crippen MR) is 81.5 cm³/mol. The third-order valence-corrected chi connectivity index (χ3v) is 3.17. The van der Waals surface area contributed by atoms with E-state index < -0.39 is 0 Å². The van der Waals surface area contributed by atoms with Gasteiger partial charge in [-0.1, -0.05) is 35.9 Å². The lowest BCUT2D eigenvalue weighted by atomic mass is 9.94. The van der Waals surface area contributed by atoms with E-state index in [9.17, 15) is 0 Å². The van der Waals surface area contributed by atoms with Crippen molar-refractivity contribution in [3.05, 3.63) is 54.1 Å². The number of nitrogens with two attached hydrogens (primary N) is 1. The molecular weight excluding hydrogens is 234 g/mol. The van der Waals surface area contributed by atoms with Crippen LogP contribution in [0.5, 0.6) is 5.75 Å². The molecule has 0 heterocycles. The number of ether oxygens (including phenoxy) is 1. The van der Waals surface area contributed by atoms with Gasteiger partial charge in [-0.2, -0.15) is 0 Å². The summed E-state index contributed by atoms with van der Waals surface area (Å²) in [4.78, 5) is 0. The maximum atomic E-state index is 6.35. The van der Waals surface area contributed by atoms with Gasteiger partial charge in [0.05, 0.1) is 6.61 Å². The molecule has 2 rings (SSSR count). The van der Waals surface area contributed by atoms with Crippen molar-refractivity contribution in [3.63, 3.8) is 0 Å². The van der Waals surface area contributed by atoms with Crippen LogP contribution in [0, 0.1) is 0 Å². The number of rotatable bonds is 5. The first kappa shape index (κ1) is 13.6. The first-order valence-corrected chi connectivity index (χ1v) is 6.68. The molecule has 0 saturated heterocycles. The van der Waals surface area contributed by atoms with Gasteiger partial charge in [0.2, 0.25) is 0 Å². The van der Waals surface area contributed by atoms with Gasteiger partial charge in [0, 0.05) is 11.6 Å². The molecule has 0 spiro atoms. The van der Waals surface area contributed by atoms with Crippen LogP contribution in [0.2, 0.25) is 0 Å². The van der Waals surface area contributed by atoms with Crippen LogP contribution in [0.4, 0.5) is 0 Å². The second-order valence-electron chi connectivity index (χ2n) is 4.90. The molecule has 0 unspecified atom stereocenters. The molecule has 1 atom stereocenters. The van der Waals surface area contributed by atoms with E-state index in [1.807, 2.05) is 32.0 Å². The van der Waals surface area contributed by atoms with Crippen LogP contribution < -0.4 is 10.5 Å². The highest BCUT2D eigenvalue weighted by molar-refractivity contribution is 5.88. The summed E-state index contributed by atoms with van der Waals surface area (Å²) in [5.74, 6) is 0.884. The summed E-state index contributed by atoms with van der Waals surface area (Å²) in [7, 11) is 0. The molecule has 0 aliphatic rings. The molecule has 0 aliphatic heterocycles. The molecule has 100 valence electrons. The first-order chi connectivity index (χ1) is 9.13. The highest BCUT2D eigenvalue weighted by Crippen LogP contribution is 2.34. The van der Waals surface area contributed by atoms with Crippen LogP contribution in [-0.2, 0) is 0 Å². The summed E-state index contributed by atoms with van der Waals surface area (Å²) in [6.45, 7) is 8.59. The summed E-state index contributed by atoms with van der Waals surface area (Å²) in [6, 6.07) is 12.3. The summed E-state index contributed by atoms with van der Waals surface area (Å²) >= 11 is 0. The molecule has 0 aromatic heterocycles. The highest BCUT2D eigenvalue weighted by Gasteiger charge is 2.15. The number of fused-ring (bicyclic) bond motifs is 1. The Balaban J connectivity index is 2.57. The van der Waals surface area contributed by atoms with Crippen LogP contribution in [0.15, 0.2) is 48.6 Å². The Morgan fingerprint density at radius 1 is 1.26 bits per heavy atom. The topological polar surface area (TPSA) is 35.2 Å². The van der Waals surface area contributed by atoms with Crippen molar-refractivity contribution in [1.29, 1.82) is 0 Å². The zero-order valence-corrected chi connectivity index (χ0v) is 11.6. The van der Waals surface area contributed by atoms with Crippen molar-refractivity contribution in [1.82, 2.24) is 0 Å². The predicted octanol–water partition coefficient (Wildman–Crippen LogP) is 4.20. The van der Waals surface area contributed by atoms with Crippen molar-refractivity contribution in [3.8, 4) is 5.75 Å². The van der Waals surface area contributed by atoms with E-state index in [4.69, 9.17) is 10.5 Å². The Kier molecular flexibility index (Phi) is 4.23. The van der Waals surface area contributed by atoms with Gasteiger partial charge in [0.25, 0.3) is 0 Å². The minimum Gasteiger partial charge on any atom is -0.494 e. The molecule has 0 amide bonds. The Labute approximate surface area is 114 Å². The average molecular weight is 255 g/mol. The molecule has 0 bridgehead atoms. The minimum atomic E-state index is -0.0786. The monoisotopic (exact) mass is 255 g/mol. The Hall–Kier alpha value is -1.80. The lowest BCUT2D eigenvalue weighted by Gasteiger charge is -2.19. The average Bonchev–Trinajstić information content (AvgIpc) is 2.37. The molecule has 19 heavy (non-hydrogen) atoms. The van der Waals surface area contributed by atoms with Gasteiger partial charge in [-0.3, -0.25) is 0 Å². The number of benzene rings is 2. The van der Waals surface area contributed by atoms with Crippen LogP contribution in [0.1, 0.15) is 31.9 Å². The molecule has 0 radical (unpaired) electrons. The van der Waals surface area contributed by atoms with E-state index in [0.29, 0.717) is 6.61 Å². The van der Waals surface area contributed by atoms with E-state index in [1.165, 1.54) is 10.8 Å². The van der Waals surface area contributed by atoms with Gasteiger partial charge in [0.15, 0.2) is 0 Å². The summed E-state index contributed by atoms with van der Waals surface area (Å²) in [5.41, 5.74) is 8.52. The standard InChI is InChI=1S/C17H21NO/c1-4-19-16-10-9-13-7-5-6-8-14(13)17(16)15(18)11-12(2)3/h5-10,15H,2,4,11,18H2,1,3H3/t15-/m1/s1. The van der Waals surface area contributed by atoms with Gasteiger partial charge in [0.1, 0.15) is 5.75 Å². The van der Waals surface area contributed by atoms with Crippen LogP contribution in [0.25, 0.3) is 10.8 Å². The van der Waals surface area contributed by atoms with E-state index in [0.717, 1.165) is 23.3 Å². The molecule has 2 aromatic rings.